The van der Waals surface area contributed by atoms with Gasteiger partial charge in [-0.2, -0.15) is 0 Å². The molecule has 2 unspecified atom stereocenters. The van der Waals surface area contributed by atoms with E-state index in [0.29, 0.717) is 12.8 Å². The highest BCUT2D eigenvalue weighted by atomic mass is 16.6. The first kappa shape index (κ1) is 15.6. The van der Waals surface area contributed by atoms with Crippen molar-refractivity contribution in [2.45, 2.75) is 51.3 Å². The summed E-state index contributed by atoms with van der Waals surface area (Å²) < 4.78 is 5.12. The number of aliphatic hydroxyl groups excluding tert-OH is 1. The Morgan fingerprint density at radius 2 is 2.00 bits per heavy atom. The standard InChI is InChI=1S/C12H22N2O5/c1-12(2,3)19-10(16)13-8-4-5-9(7-15)14(6-8)11(17)18/h8-9,15H,4-7H2,1-3H3,(H,13,16)(H,17,18). The minimum Gasteiger partial charge on any atom is -0.465 e. The summed E-state index contributed by atoms with van der Waals surface area (Å²) in [5, 5.41) is 20.8. The van der Waals surface area contributed by atoms with Crippen molar-refractivity contribution in [3.63, 3.8) is 0 Å². The fraction of sp³-hybridized carbons (Fsp3) is 0.833. The van der Waals surface area contributed by atoms with Crippen molar-refractivity contribution in [1.82, 2.24) is 10.2 Å². The van der Waals surface area contributed by atoms with Crippen LogP contribution in [0.5, 0.6) is 0 Å². The molecule has 2 amide bonds. The van der Waals surface area contributed by atoms with E-state index in [1.165, 1.54) is 0 Å². The van der Waals surface area contributed by atoms with Crippen LogP contribution in [0.25, 0.3) is 0 Å². The Balaban J connectivity index is 2.53. The number of rotatable bonds is 2. The summed E-state index contributed by atoms with van der Waals surface area (Å²) in [4.78, 5) is 23.8. The second-order valence-electron chi connectivity index (χ2n) is 5.69. The molecule has 0 radical (unpaired) electrons. The van der Waals surface area contributed by atoms with Crippen LogP contribution < -0.4 is 5.32 Å². The molecule has 1 saturated heterocycles. The van der Waals surface area contributed by atoms with Crippen LogP contribution in [0.4, 0.5) is 9.59 Å². The molecule has 0 aliphatic carbocycles. The van der Waals surface area contributed by atoms with Crippen molar-refractivity contribution in [2.24, 2.45) is 0 Å². The molecular formula is C12H22N2O5. The fourth-order valence-electron chi connectivity index (χ4n) is 2.04. The molecule has 1 heterocycles. The molecule has 1 rings (SSSR count). The summed E-state index contributed by atoms with van der Waals surface area (Å²) in [5.74, 6) is 0. The van der Waals surface area contributed by atoms with Gasteiger partial charge in [-0.3, -0.25) is 0 Å². The quantitative estimate of drug-likeness (QED) is 0.698. The topological polar surface area (TPSA) is 99.1 Å². The monoisotopic (exact) mass is 274 g/mol. The van der Waals surface area contributed by atoms with E-state index >= 15 is 0 Å². The Morgan fingerprint density at radius 1 is 1.37 bits per heavy atom. The van der Waals surface area contributed by atoms with Crippen LogP contribution in [0.15, 0.2) is 0 Å². The maximum absolute atomic E-state index is 11.6. The normalized spacial score (nSPS) is 23.9. The molecule has 1 aliphatic heterocycles. The van der Waals surface area contributed by atoms with Crippen LogP contribution in [0.2, 0.25) is 0 Å². The van der Waals surface area contributed by atoms with Crippen molar-refractivity contribution in [1.29, 1.82) is 0 Å². The third-order valence-electron chi connectivity index (χ3n) is 2.88. The summed E-state index contributed by atoms with van der Waals surface area (Å²) in [5.41, 5.74) is -0.584. The second-order valence-corrected chi connectivity index (χ2v) is 5.69. The number of carbonyl (C=O) groups excluding carboxylic acids is 1. The molecule has 1 aliphatic rings. The Labute approximate surface area is 112 Å². The van der Waals surface area contributed by atoms with Crippen LogP contribution in [0.3, 0.4) is 0 Å². The number of likely N-dealkylation sites (tertiary alicyclic amines) is 1. The minimum absolute atomic E-state index is 0.166. The van der Waals surface area contributed by atoms with E-state index in [1.54, 1.807) is 20.8 Å². The number of hydrogen-bond donors (Lipinski definition) is 3. The third kappa shape index (κ3) is 4.94. The second kappa shape index (κ2) is 6.10. The van der Waals surface area contributed by atoms with Crippen molar-refractivity contribution in [3.8, 4) is 0 Å². The molecule has 0 saturated carbocycles. The van der Waals surface area contributed by atoms with Crippen LogP contribution in [0, 0.1) is 0 Å². The average Bonchev–Trinajstić information content (AvgIpc) is 2.26. The molecule has 7 nitrogen and oxygen atoms in total. The van der Waals surface area contributed by atoms with Crippen molar-refractivity contribution < 1.29 is 24.5 Å². The summed E-state index contributed by atoms with van der Waals surface area (Å²) in [6.45, 7) is 5.25. The van der Waals surface area contributed by atoms with E-state index in [9.17, 15) is 9.59 Å². The predicted molar refractivity (Wildman–Crippen MR) is 68.0 cm³/mol. The van der Waals surface area contributed by atoms with Gasteiger partial charge in [-0.1, -0.05) is 0 Å². The summed E-state index contributed by atoms with van der Waals surface area (Å²) >= 11 is 0. The Kier molecular flexibility index (Phi) is 4.99. The lowest BCUT2D eigenvalue weighted by molar-refractivity contribution is 0.0393. The van der Waals surface area contributed by atoms with Crippen LogP contribution in [0.1, 0.15) is 33.6 Å². The highest BCUT2D eigenvalue weighted by Gasteiger charge is 2.32. The van der Waals surface area contributed by atoms with E-state index in [-0.39, 0.29) is 19.2 Å². The molecular weight excluding hydrogens is 252 g/mol. The van der Waals surface area contributed by atoms with Crippen molar-refractivity contribution >= 4 is 12.2 Å². The lowest BCUT2D eigenvalue weighted by Gasteiger charge is -2.37. The zero-order chi connectivity index (χ0) is 14.6. The minimum atomic E-state index is -1.09. The molecule has 0 bridgehead atoms. The zero-order valence-electron chi connectivity index (χ0n) is 11.5. The van der Waals surface area contributed by atoms with Crippen LogP contribution in [-0.2, 0) is 4.74 Å². The number of aliphatic hydroxyl groups is 1. The highest BCUT2D eigenvalue weighted by Crippen LogP contribution is 2.18. The van der Waals surface area contributed by atoms with E-state index in [2.05, 4.69) is 5.32 Å². The number of ether oxygens (including phenoxy) is 1. The number of amides is 2. The maximum Gasteiger partial charge on any atom is 0.407 e. The first-order valence-corrected chi connectivity index (χ1v) is 6.33. The molecule has 0 spiro atoms. The molecule has 0 aromatic rings. The number of nitrogens with one attached hydrogen (secondary N) is 1. The molecule has 0 aromatic carbocycles. The van der Waals surface area contributed by atoms with E-state index < -0.39 is 23.8 Å². The van der Waals surface area contributed by atoms with E-state index in [0.717, 1.165) is 4.90 Å². The molecule has 0 aromatic heterocycles. The number of carboxylic acid groups (broad SMARTS) is 1. The third-order valence-corrected chi connectivity index (χ3v) is 2.88. The number of alkyl carbamates (subject to hydrolysis) is 1. The molecule has 2 atom stereocenters. The van der Waals surface area contributed by atoms with Gasteiger partial charge in [0, 0.05) is 12.6 Å². The van der Waals surface area contributed by atoms with Gasteiger partial charge in [0.1, 0.15) is 5.60 Å². The first-order valence-electron chi connectivity index (χ1n) is 6.33. The van der Waals surface area contributed by atoms with Gasteiger partial charge in [-0.05, 0) is 33.6 Å². The molecule has 3 N–H and O–H groups in total. The smallest absolute Gasteiger partial charge is 0.407 e. The fourth-order valence-corrected chi connectivity index (χ4v) is 2.04. The van der Waals surface area contributed by atoms with Gasteiger partial charge in [0.2, 0.25) is 0 Å². The number of nitrogens with zero attached hydrogens (tertiary/aromatic N) is 1. The van der Waals surface area contributed by atoms with Gasteiger partial charge in [-0.15, -0.1) is 0 Å². The number of piperidine rings is 1. The summed E-state index contributed by atoms with van der Waals surface area (Å²) in [7, 11) is 0. The van der Waals surface area contributed by atoms with E-state index in [1.807, 2.05) is 0 Å². The van der Waals surface area contributed by atoms with Gasteiger partial charge >= 0.3 is 12.2 Å². The summed E-state index contributed by atoms with van der Waals surface area (Å²) in [6.07, 6.45) is -0.502. The Hall–Kier alpha value is -1.50. The average molecular weight is 274 g/mol. The highest BCUT2D eigenvalue weighted by molar-refractivity contribution is 5.69. The molecule has 1 fully saturated rings. The van der Waals surface area contributed by atoms with Crippen molar-refractivity contribution in [2.75, 3.05) is 13.2 Å². The van der Waals surface area contributed by atoms with E-state index in [4.69, 9.17) is 14.9 Å². The molecule has 7 heteroatoms. The lowest BCUT2D eigenvalue weighted by Crippen LogP contribution is -2.55. The van der Waals surface area contributed by atoms with Crippen LogP contribution in [-0.4, -0.2) is 58.1 Å². The Morgan fingerprint density at radius 3 is 2.47 bits per heavy atom. The molecule has 110 valence electrons. The lowest BCUT2D eigenvalue weighted by atomic mass is 9.99. The van der Waals surface area contributed by atoms with Gasteiger partial charge in [0.25, 0.3) is 0 Å². The van der Waals surface area contributed by atoms with Crippen molar-refractivity contribution in [3.05, 3.63) is 0 Å². The first-order chi connectivity index (χ1) is 8.73. The SMILES string of the molecule is CC(C)(C)OC(=O)NC1CCC(CO)N(C(=O)O)C1. The largest absolute Gasteiger partial charge is 0.465 e. The van der Waals surface area contributed by atoms with Gasteiger partial charge < -0.3 is 25.2 Å². The predicted octanol–water partition coefficient (Wildman–Crippen LogP) is 1.01. The van der Waals surface area contributed by atoms with Crippen LogP contribution >= 0.6 is 0 Å². The van der Waals surface area contributed by atoms with Gasteiger partial charge in [-0.25, -0.2) is 9.59 Å². The van der Waals surface area contributed by atoms with Gasteiger partial charge in [0.15, 0.2) is 0 Å². The zero-order valence-corrected chi connectivity index (χ0v) is 11.5. The summed E-state index contributed by atoms with van der Waals surface area (Å²) in [6, 6.07) is -0.678. The van der Waals surface area contributed by atoms with Gasteiger partial charge in [0.05, 0.1) is 12.6 Å². The number of carbonyl (C=O) groups is 2. The maximum atomic E-state index is 11.6. The Bertz CT molecular complexity index is 340. The number of hydrogen-bond acceptors (Lipinski definition) is 4. The molecule has 19 heavy (non-hydrogen) atoms.